The first-order chi connectivity index (χ1) is 12.7. The summed E-state index contributed by atoms with van der Waals surface area (Å²) in [6, 6.07) is 14.7. The molecule has 1 aliphatic rings. The van der Waals surface area contributed by atoms with Crippen molar-refractivity contribution in [3.05, 3.63) is 48.5 Å². The number of ether oxygens (including phenoxy) is 2. The molecule has 0 radical (unpaired) electrons. The zero-order chi connectivity index (χ0) is 18.4. The average Bonchev–Trinajstić information content (AvgIpc) is 2.69. The summed E-state index contributed by atoms with van der Waals surface area (Å²) in [5, 5.41) is 9.96. The van der Waals surface area contributed by atoms with E-state index < -0.39 is 0 Å². The highest BCUT2D eigenvalue weighted by Crippen LogP contribution is 2.28. The predicted octanol–water partition coefficient (Wildman–Crippen LogP) is 2.52. The summed E-state index contributed by atoms with van der Waals surface area (Å²) in [6.07, 6.45) is 0.328. The molecule has 1 heterocycles. The van der Waals surface area contributed by atoms with Gasteiger partial charge in [0.05, 0.1) is 25.8 Å². The third-order valence-electron chi connectivity index (χ3n) is 4.50. The van der Waals surface area contributed by atoms with Crippen molar-refractivity contribution in [2.24, 2.45) is 0 Å². The molecule has 0 aromatic heterocycles. The van der Waals surface area contributed by atoms with Crippen molar-refractivity contribution < 1.29 is 19.4 Å². The maximum Gasteiger partial charge on any atom is 0.226 e. The van der Waals surface area contributed by atoms with E-state index >= 15 is 0 Å². The number of anilines is 1. The molecule has 1 amide bonds. The van der Waals surface area contributed by atoms with E-state index in [4.69, 9.17) is 9.47 Å². The Morgan fingerprint density at radius 2 is 1.65 bits per heavy atom. The van der Waals surface area contributed by atoms with Gasteiger partial charge in [-0.05, 0) is 24.3 Å². The smallest absolute Gasteiger partial charge is 0.226 e. The normalized spacial score (nSPS) is 14.2. The van der Waals surface area contributed by atoms with Crippen LogP contribution in [0.3, 0.4) is 0 Å². The topological polar surface area (TPSA) is 62.2 Å². The predicted molar refractivity (Wildman–Crippen MR) is 100 cm³/mol. The van der Waals surface area contributed by atoms with Crippen LogP contribution in [0, 0.1) is 0 Å². The number of hydrogen-bond donors (Lipinski definition) is 1. The van der Waals surface area contributed by atoms with Gasteiger partial charge in [0, 0.05) is 26.2 Å². The number of phenols is 1. The molecule has 0 spiro atoms. The highest BCUT2D eigenvalue weighted by molar-refractivity contribution is 5.76. The van der Waals surface area contributed by atoms with Crippen molar-refractivity contribution in [2.45, 2.75) is 6.42 Å². The fraction of sp³-hybridized carbons (Fsp3) is 0.350. The van der Waals surface area contributed by atoms with E-state index in [9.17, 15) is 9.90 Å². The zero-order valence-electron chi connectivity index (χ0n) is 14.9. The average molecular weight is 356 g/mol. The molecule has 6 heteroatoms. The molecule has 0 aliphatic carbocycles. The van der Waals surface area contributed by atoms with Crippen LogP contribution >= 0.6 is 0 Å². The summed E-state index contributed by atoms with van der Waals surface area (Å²) in [7, 11) is 1.59. The minimum absolute atomic E-state index is 0.0804. The third-order valence-corrected chi connectivity index (χ3v) is 4.50. The minimum Gasteiger partial charge on any atom is -0.506 e. The minimum atomic E-state index is 0.0804. The molecule has 3 rings (SSSR count). The molecular weight excluding hydrogens is 332 g/mol. The van der Waals surface area contributed by atoms with Gasteiger partial charge in [-0.15, -0.1) is 0 Å². The number of nitrogens with zero attached hydrogens (tertiary/aromatic N) is 2. The number of amides is 1. The van der Waals surface area contributed by atoms with Crippen molar-refractivity contribution in [3.63, 3.8) is 0 Å². The lowest BCUT2D eigenvalue weighted by Crippen LogP contribution is -2.49. The maximum absolute atomic E-state index is 12.4. The number of aromatic hydroxyl groups is 1. The summed E-state index contributed by atoms with van der Waals surface area (Å²) in [6.45, 7) is 3.01. The van der Waals surface area contributed by atoms with Crippen LogP contribution in [0.15, 0.2) is 48.5 Å². The Balaban J connectivity index is 1.46. The lowest BCUT2D eigenvalue weighted by molar-refractivity contribution is -0.132. The van der Waals surface area contributed by atoms with Crippen LogP contribution in [0.5, 0.6) is 17.2 Å². The number of rotatable bonds is 6. The molecule has 1 N–H and O–H groups in total. The van der Waals surface area contributed by atoms with E-state index in [1.54, 1.807) is 19.2 Å². The number of benzene rings is 2. The number of hydrogen-bond acceptors (Lipinski definition) is 5. The first kappa shape index (κ1) is 17.9. The van der Waals surface area contributed by atoms with Crippen molar-refractivity contribution >= 4 is 11.6 Å². The summed E-state index contributed by atoms with van der Waals surface area (Å²) in [5.41, 5.74) is 0.819. The van der Waals surface area contributed by atoms with Crippen LogP contribution in [-0.2, 0) is 4.79 Å². The molecule has 0 atom stereocenters. The molecule has 1 saturated heterocycles. The van der Waals surface area contributed by atoms with Gasteiger partial charge in [-0.25, -0.2) is 0 Å². The molecule has 6 nitrogen and oxygen atoms in total. The Morgan fingerprint density at radius 1 is 1.00 bits per heavy atom. The van der Waals surface area contributed by atoms with Crippen LogP contribution in [0.25, 0.3) is 0 Å². The Labute approximate surface area is 153 Å². The van der Waals surface area contributed by atoms with Crippen LogP contribution in [0.1, 0.15) is 6.42 Å². The van der Waals surface area contributed by atoms with E-state index in [-0.39, 0.29) is 11.7 Å². The van der Waals surface area contributed by atoms with Gasteiger partial charge in [0.1, 0.15) is 5.75 Å². The number of phenolic OH excluding ortho intramolecular Hbond substituents is 1. The maximum atomic E-state index is 12.4. The van der Waals surface area contributed by atoms with Gasteiger partial charge in [0.25, 0.3) is 0 Å². The molecule has 0 bridgehead atoms. The van der Waals surface area contributed by atoms with Gasteiger partial charge in [-0.3, -0.25) is 4.79 Å². The summed E-state index contributed by atoms with van der Waals surface area (Å²) in [4.78, 5) is 16.4. The zero-order valence-corrected chi connectivity index (χ0v) is 14.9. The highest BCUT2D eigenvalue weighted by Gasteiger charge is 2.22. The number of para-hydroxylation sites is 4. The Morgan fingerprint density at radius 3 is 2.35 bits per heavy atom. The number of piperazine rings is 1. The fourth-order valence-corrected chi connectivity index (χ4v) is 3.07. The van der Waals surface area contributed by atoms with E-state index in [2.05, 4.69) is 4.90 Å². The lowest BCUT2D eigenvalue weighted by Gasteiger charge is -2.36. The third kappa shape index (κ3) is 4.20. The SMILES string of the molecule is COc1ccccc1OCCC(=O)N1CCN(c2ccccc2O)CC1. The molecule has 26 heavy (non-hydrogen) atoms. The first-order valence-corrected chi connectivity index (χ1v) is 8.75. The quantitative estimate of drug-likeness (QED) is 0.862. The monoisotopic (exact) mass is 356 g/mol. The van der Waals surface area contributed by atoms with Crippen LogP contribution in [0.2, 0.25) is 0 Å². The summed E-state index contributed by atoms with van der Waals surface area (Å²) in [5.74, 6) is 1.66. The van der Waals surface area contributed by atoms with Crippen molar-refractivity contribution in [1.29, 1.82) is 0 Å². The highest BCUT2D eigenvalue weighted by atomic mass is 16.5. The van der Waals surface area contributed by atoms with E-state index in [1.807, 2.05) is 41.3 Å². The molecule has 0 unspecified atom stereocenters. The Hall–Kier alpha value is -2.89. The molecular formula is C20H24N2O4. The van der Waals surface area contributed by atoms with E-state index in [0.29, 0.717) is 50.7 Å². The second-order valence-corrected chi connectivity index (χ2v) is 6.11. The van der Waals surface area contributed by atoms with Gasteiger partial charge >= 0.3 is 0 Å². The largest absolute Gasteiger partial charge is 0.506 e. The fourth-order valence-electron chi connectivity index (χ4n) is 3.07. The van der Waals surface area contributed by atoms with Gasteiger partial charge in [-0.2, -0.15) is 0 Å². The summed E-state index contributed by atoms with van der Waals surface area (Å²) < 4.78 is 10.9. The Kier molecular flexibility index (Phi) is 5.84. The summed E-state index contributed by atoms with van der Waals surface area (Å²) >= 11 is 0. The van der Waals surface area contributed by atoms with Crippen molar-refractivity contribution in [1.82, 2.24) is 4.90 Å². The van der Waals surface area contributed by atoms with Crippen LogP contribution in [0.4, 0.5) is 5.69 Å². The molecule has 138 valence electrons. The van der Waals surface area contributed by atoms with Crippen LogP contribution < -0.4 is 14.4 Å². The van der Waals surface area contributed by atoms with Gasteiger partial charge in [0.2, 0.25) is 5.91 Å². The number of carbonyl (C=O) groups is 1. The molecule has 0 saturated carbocycles. The molecule has 1 aliphatic heterocycles. The van der Waals surface area contributed by atoms with Gasteiger partial charge < -0.3 is 24.4 Å². The number of methoxy groups -OCH3 is 1. The van der Waals surface area contributed by atoms with E-state index in [1.165, 1.54) is 0 Å². The van der Waals surface area contributed by atoms with Crippen molar-refractivity contribution in [3.8, 4) is 17.2 Å². The van der Waals surface area contributed by atoms with Gasteiger partial charge in [-0.1, -0.05) is 24.3 Å². The van der Waals surface area contributed by atoms with E-state index in [0.717, 1.165) is 5.69 Å². The van der Waals surface area contributed by atoms with Crippen LogP contribution in [-0.4, -0.2) is 55.8 Å². The number of carbonyl (C=O) groups excluding carboxylic acids is 1. The van der Waals surface area contributed by atoms with Gasteiger partial charge in [0.15, 0.2) is 11.5 Å². The first-order valence-electron chi connectivity index (χ1n) is 8.75. The molecule has 2 aromatic carbocycles. The molecule has 2 aromatic rings. The lowest BCUT2D eigenvalue weighted by atomic mass is 10.2. The second kappa shape index (κ2) is 8.47. The van der Waals surface area contributed by atoms with Crippen molar-refractivity contribution in [2.75, 3.05) is 44.8 Å². The molecule has 1 fully saturated rings. The second-order valence-electron chi connectivity index (χ2n) is 6.11. The Bertz CT molecular complexity index is 742. The standard InChI is InChI=1S/C20H24N2O4/c1-25-18-8-4-5-9-19(18)26-15-10-20(24)22-13-11-21(12-14-22)16-6-2-3-7-17(16)23/h2-9,23H,10-15H2,1H3.